The van der Waals surface area contributed by atoms with E-state index in [4.69, 9.17) is 56.8 Å². The monoisotopic (exact) mass is 1730 g/mol. The number of rotatable bonds is 56. The SMILES string of the molecule is CC(=O)OCC1OC(OCCCCCC(=O)CCCCNC(=O)CCC(CCC(=O)NCCCNC(=O)CCCCCOC2OC(COC(C)=O)C(OC(C)=O)C(C)C2C)(CCC(=O)NCNC(=O)CCCCCOC2OC(COC(C)=O)C(OC(C)=O)C(C)C2C)NC(=O)CCCC(=O)Oc2c(F)c(F)c(F)c(F)c2F)C(C)C(C)C1OC(C)=O. The molecule has 3 fully saturated rings. The van der Waals surface area contributed by atoms with Crippen molar-refractivity contribution in [3.63, 3.8) is 0 Å². The average molecular weight is 1740 g/mol. The van der Waals surface area contributed by atoms with Gasteiger partial charge in [-0.15, -0.1) is 0 Å². The quantitative estimate of drug-likeness (QED) is 0.00520. The van der Waals surface area contributed by atoms with E-state index in [1.54, 1.807) is 0 Å². The third-order valence-corrected chi connectivity index (χ3v) is 21.5. The van der Waals surface area contributed by atoms with Crippen LogP contribution in [0.1, 0.15) is 244 Å². The summed E-state index contributed by atoms with van der Waals surface area (Å²) in [6.07, 6.45) is -2.76. The predicted octanol–water partition coefficient (Wildman–Crippen LogP) is 8.53. The first-order chi connectivity index (χ1) is 57.3. The molecule has 0 aromatic heterocycles. The van der Waals surface area contributed by atoms with Gasteiger partial charge in [0.15, 0.2) is 18.9 Å². The molecule has 38 heteroatoms. The van der Waals surface area contributed by atoms with E-state index in [2.05, 4.69) is 36.6 Å². The van der Waals surface area contributed by atoms with Crippen molar-refractivity contribution in [2.24, 2.45) is 35.5 Å². The first-order valence-electron chi connectivity index (χ1n) is 41.9. The number of halogens is 5. The number of amides is 6. The minimum Gasteiger partial charge on any atom is -0.463 e. The Morgan fingerprint density at radius 2 is 0.645 bits per heavy atom. The first-order valence-corrected chi connectivity index (χ1v) is 41.9. The fourth-order valence-electron chi connectivity index (χ4n) is 14.0. The van der Waals surface area contributed by atoms with Crippen LogP contribution in [-0.2, 0) is 124 Å². The van der Waals surface area contributed by atoms with Crippen molar-refractivity contribution < 1.29 is 151 Å². The maximum Gasteiger partial charge on any atom is 0.311 e. The summed E-state index contributed by atoms with van der Waals surface area (Å²) in [5.41, 5.74) is -1.57. The van der Waals surface area contributed by atoms with Crippen LogP contribution in [-0.4, -0.2) is 210 Å². The summed E-state index contributed by atoms with van der Waals surface area (Å²) >= 11 is 0. The number of unbranched alkanes of at least 4 members (excludes halogenated alkanes) is 7. The highest BCUT2D eigenvalue weighted by atomic mass is 19.2. The molecule has 3 heterocycles. The van der Waals surface area contributed by atoms with Crippen molar-refractivity contribution in [3.05, 3.63) is 29.1 Å². The van der Waals surface area contributed by atoms with E-state index in [1.807, 2.05) is 41.5 Å². The number of esters is 7. The van der Waals surface area contributed by atoms with Crippen molar-refractivity contribution in [2.75, 3.05) is 65.9 Å². The first kappa shape index (κ1) is 105. The third-order valence-electron chi connectivity index (χ3n) is 21.5. The van der Waals surface area contributed by atoms with E-state index in [1.165, 1.54) is 41.5 Å². The van der Waals surface area contributed by atoms with Crippen LogP contribution in [0.25, 0.3) is 0 Å². The minimum absolute atomic E-state index is 0.00365. The number of hydrogen-bond acceptors (Lipinski definition) is 27. The van der Waals surface area contributed by atoms with E-state index >= 15 is 0 Å². The van der Waals surface area contributed by atoms with Crippen LogP contribution in [0.3, 0.4) is 0 Å². The molecule has 33 nitrogen and oxygen atoms in total. The van der Waals surface area contributed by atoms with Gasteiger partial charge in [0.2, 0.25) is 70.3 Å². The Balaban J connectivity index is 1.37. The van der Waals surface area contributed by atoms with Gasteiger partial charge in [-0.1, -0.05) is 60.8 Å². The Morgan fingerprint density at radius 1 is 0.331 bits per heavy atom. The Labute approximate surface area is 703 Å². The molecule has 3 aliphatic rings. The maximum atomic E-state index is 14.5. The zero-order valence-corrected chi connectivity index (χ0v) is 71.8. The number of hydrogen-bond donors (Lipinski definition) is 6. The van der Waals surface area contributed by atoms with Gasteiger partial charge in [-0.3, -0.25) is 67.1 Å². The topological polar surface area (TPSA) is 431 Å². The summed E-state index contributed by atoms with van der Waals surface area (Å²) in [4.78, 5) is 177. The smallest absolute Gasteiger partial charge is 0.311 e. The molecule has 0 saturated carbocycles. The molecular formula is C83H127F5N6O27. The molecule has 1 aromatic carbocycles. The molecule has 686 valence electrons. The highest BCUT2D eigenvalue weighted by molar-refractivity contribution is 5.82. The number of nitrogens with one attached hydrogen (secondary N) is 6. The molecule has 0 bridgehead atoms. The Bertz CT molecular complexity index is 3400. The van der Waals surface area contributed by atoms with Crippen LogP contribution in [0.2, 0.25) is 0 Å². The normalized spacial score (nSPS) is 23.0. The molecule has 0 aliphatic carbocycles. The zero-order valence-electron chi connectivity index (χ0n) is 71.8. The van der Waals surface area contributed by atoms with E-state index in [0.717, 1.165) is 0 Å². The van der Waals surface area contributed by atoms with Crippen LogP contribution in [0, 0.1) is 64.6 Å². The lowest BCUT2D eigenvalue weighted by atomic mass is 9.82. The van der Waals surface area contributed by atoms with Crippen LogP contribution < -0.4 is 36.6 Å². The minimum atomic E-state index is -2.49. The molecular weight excluding hydrogens is 1610 g/mol. The van der Waals surface area contributed by atoms with Crippen LogP contribution in [0.4, 0.5) is 22.0 Å². The van der Waals surface area contributed by atoms with E-state index in [-0.39, 0.29) is 164 Å². The van der Waals surface area contributed by atoms with Crippen LogP contribution in [0.5, 0.6) is 5.75 Å². The summed E-state index contributed by atoms with van der Waals surface area (Å²) in [7, 11) is 0. The average Bonchev–Trinajstić information content (AvgIpc) is 0.805. The van der Waals surface area contributed by atoms with Gasteiger partial charge in [-0.25, -0.2) is 13.2 Å². The van der Waals surface area contributed by atoms with Crippen molar-refractivity contribution in [1.29, 1.82) is 0 Å². The molecule has 0 radical (unpaired) electrons. The Hall–Kier alpha value is -8.59. The van der Waals surface area contributed by atoms with Crippen molar-refractivity contribution >= 4 is 83.0 Å². The van der Waals surface area contributed by atoms with Crippen molar-refractivity contribution in [1.82, 2.24) is 31.9 Å². The van der Waals surface area contributed by atoms with Crippen molar-refractivity contribution in [2.45, 2.75) is 305 Å². The number of ether oxygens (including phenoxy) is 13. The van der Waals surface area contributed by atoms with Crippen LogP contribution >= 0.6 is 0 Å². The highest BCUT2D eigenvalue weighted by Crippen LogP contribution is 2.38. The van der Waals surface area contributed by atoms with Gasteiger partial charge in [-0.05, 0) is 83.5 Å². The molecule has 1 aromatic rings. The van der Waals surface area contributed by atoms with Crippen LogP contribution in [0.15, 0.2) is 0 Å². The van der Waals surface area contributed by atoms with E-state index in [0.29, 0.717) is 90.3 Å². The number of benzene rings is 1. The van der Waals surface area contributed by atoms with Gasteiger partial charge in [0, 0.05) is 180 Å². The zero-order chi connectivity index (χ0) is 89.9. The fraction of sp³-hybridized carbons (Fsp3) is 0.759. The predicted molar refractivity (Wildman–Crippen MR) is 419 cm³/mol. The number of carbonyl (C=O) groups is 14. The second-order valence-corrected chi connectivity index (χ2v) is 31.3. The van der Waals surface area contributed by atoms with Crippen molar-refractivity contribution in [3.8, 4) is 5.75 Å². The van der Waals surface area contributed by atoms with Gasteiger partial charge >= 0.3 is 41.8 Å². The summed E-state index contributed by atoms with van der Waals surface area (Å²) in [6.45, 7) is 19.5. The summed E-state index contributed by atoms with van der Waals surface area (Å²) in [6, 6.07) is 0. The maximum absolute atomic E-state index is 14.5. The second-order valence-electron chi connectivity index (χ2n) is 31.3. The molecule has 16 unspecified atom stereocenters. The molecule has 6 amide bonds. The fourth-order valence-corrected chi connectivity index (χ4v) is 14.0. The number of ketones is 1. The van der Waals surface area contributed by atoms with Gasteiger partial charge in [-0.2, -0.15) is 8.78 Å². The van der Waals surface area contributed by atoms with Gasteiger partial charge in [0.1, 0.15) is 62.2 Å². The van der Waals surface area contributed by atoms with Gasteiger partial charge in [0.25, 0.3) is 0 Å². The summed E-state index contributed by atoms with van der Waals surface area (Å²) in [5, 5.41) is 16.5. The summed E-state index contributed by atoms with van der Waals surface area (Å²) in [5.74, 6) is -22.8. The molecule has 16 atom stereocenters. The highest BCUT2D eigenvalue weighted by Gasteiger charge is 2.48. The largest absolute Gasteiger partial charge is 0.463 e. The standard InChI is InChI=1S/C83H127F5N6O27/c1-48-51(4)80(118-61(44-112-54(7)95)76(48)115-57(10)98)109-41-21-13-16-26-60(101)27-19-20-38-89-66(104)32-35-83(94-69(107)30-24-31-70(108)121-79-74(87)72(85)71(84)73(86)75(79)88,37-34-68(106)93-47-92-65(103)29-18-15-23-43-111-82-53(6)50(3)78(117-59(12)100)63(120-82)46-114-56(9)97)36-33-67(105)91-40-25-39-90-64(102)28-17-14-22-42-110-81-52(5)49(2)77(116-58(11)99)62(119-81)45-113-55(8)96/h48-53,61-63,76-78,80-82H,13-47H2,1-12H3,(H,89,104)(H,90,102)(H,91,105)(H,92,103)(H,93,106)(H,94,107). The second kappa shape index (κ2) is 55.5. The van der Waals surface area contributed by atoms with E-state index < -0.39 is 186 Å². The van der Waals surface area contributed by atoms with E-state index in [9.17, 15) is 89.1 Å². The lowest BCUT2D eigenvalue weighted by Crippen LogP contribution is -2.53. The molecule has 4 rings (SSSR count). The Kier molecular flexibility index (Phi) is 48.1. The number of Topliss-reactive ketones (excluding diaryl/α,β-unsaturated/α-hetero) is 1. The Morgan fingerprint density at radius 3 is 1.01 bits per heavy atom. The lowest BCUT2D eigenvalue weighted by Gasteiger charge is -2.43. The molecule has 3 aliphatic heterocycles. The number of carbonyl (C=O) groups excluding carboxylic acids is 14. The van der Waals surface area contributed by atoms with Gasteiger partial charge in [0.05, 0.1) is 6.67 Å². The van der Waals surface area contributed by atoms with Gasteiger partial charge < -0.3 is 93.5 Å². The summed E-state index contributed by atoms with van der Waals surface area (Å²) < 4.78 is 144. The molecule has 6 N–H and O–H groups in total. The molecule has 0 spiro atoms. The molecule has 121 heavy (non-hydrogen) atoms. The third kappa shape index (κ3) is 39.2. The lowest BCUT2D eigenvalue weighted by molar-refractivity contribution is -0.273. The molecule has 3 saturated heterocycles.